The van der Waals surface area contributed by atoms with Crippen LogP contribution in [0, 0.1) is 23.7 Å². The highest BCUT2D eigenvalue weighted by Crippen LogP contribution is 2.45. The number of sulfonamides is 1. The molecule has 4 rings (SSSR count). The minimum atomic E-state index is -3.17. The van der Waals surface area contributed by atoms with E-state index in [2.05, 4.69) is 26.5 Å². The van der Waals surface area contributed by atoms with Gasteiger partial charge in [0.15, 0.2) is 9.84 Å². The van der Waals surface area contributed by atoms with Gasteiger partial charge in [-0.05, 0) is 87.2 Å². The van der Waals surface area contributed by atoms with Gasteiger partial charge in [-0.25, -0.2) is 16.8 Å². The van der Waals surface area contributed by atoms with Crippen LogP contribution in [-0.2, 0) is 19.9 Å². The first-order chi connectivity index (χ1) is 13.6. The molecule has 0 spiro atoms. The second-order valence-corrected chi connectivity index (χ2v) is 15.4. The lowest BCUT2D eigenvalue weighted by atomic mass is 9.83. The summed E-state index contributed by atoms with van der Waals surface area (Å²) in [5.41, 5.74) is 0. The number of sulfone groups is 1. The topological polar surface area (TPSA) is 71.5 Å². The molecule has 4 fully saturated rings. The fourth-order valence-corrected chi connectivity index (χ4v) is 10.5. The van der Waals surface area contributed by atoms with Crippen molar-refractivity contribution in [1.29, 1.82) is 0 Å². The van der Waals surface area contributed by atoms with Crippen molar-refractivity contribution in [2.75, 3.05) is 12.3 Å². The first kappa shape index (κ1) is 22.4. The summed E-state index contributed by atoms with van der Waals surface area (Å²) < 4.78 is 53.0. The Morgan fingerprint density at radius 1 is 0.862 bits per heavy atom. The highest BCUT2D eigenvalue weighted by atomic mass is 32.2. The van der Waals surface area contributed by atoms with Gasteiger partial charge in [-0.15, -0.1) is 0 Å². The molecule has 6 unspecified atom stereocenters. The Kier molecular flexibility index (Phi) is 6.40. The number of thiol groups is 1. The van der Waals surface area contributed by atoms with Crippen LogP contribution >= 0.6 is 12.6 Å². The molecule has 0 amide bonds. The fourth-order valence-electron chi connectivity index (χ4n) is 5.76. The summed E-state index contributed by atoms with van der Waals surface area (Å²) in [6.45, 7) is 5.01. The Bertz CT molecular complexity index is 804. The van der Waals surface area contributed by atoms with Crippen molar-refractivity contribution in [3.8, 4) is 0 Å². The lowest BCUT2D eigenvalue weighted by Gasteiger charge is -2.28. The van der Waals surface area contributed by atoms with E-state index in [1.54, 1.807) is 0 Å². The van der Waals surface area contributed by atoms with E-state index >= 15 is 0 Å². The van der Waals surface area contributed by atoms with Gasteiger partial charge in [0, 0.05) is 12.6 Å². The molecule has 0 radical (unpaired) electrons. The van der Waals surface area contributed by atoms with Crippen LogP contribution in [0.4, 0.5) is 0 Å². The quantitative estimate of drug-likeness (QED) is 0.531. The highest BCUT2D eigenvalue weighted by Gasteiger charge is 2.49. The highest BCUT2D eigenvalue weighted by molar-refractivity contribution is 7.93. The van der Waals surface area contributed by atoms with Crippen molar-refractivity contribution in [1.82, 2.24) is 4.31 Å². The van der Waals surface area contributed by atoms with Gasteiger partial charge in [0.1, 0.15) is 0 Å². The summed E-state index contributed by atoms with van der Waals surface area (Å²) in [6, 6.07) is 0.0712. The van der Waals surface area contributed by atoms with E-state index in [-0.39, 0.29) is 27.7 Å². The molecule has 1 heterocycles. The Morgan fingerprint density at radius 2 is 1.48 bits per heavy atom. The van der Waals surface area contributed by atoms with Crippen molar-refractivity contribution in [2.24, 2.45) is 23.7 Å². The van der Waals surface area contributed by atoms with Gasteiger partial charge in [0.05, 0.1) is 15.7 Å². The Hall–Kier alpha value is 0.210. The molecule has 0 bridgehead atoms. The lowest BCUT2D eigenvalue weighted by Crippen LogP contribution is -2.41. The van der Waals surface area contributed by atoms with Gasteiger partial charge in [-0.1, -0.05) is 13.8 Å². The zero-order valence-electron chi connectivity index (χ0n) is 17.7. The van der Waals surface area contributed by atoms with Gasteiger partial charge in [-0.2, -0.15) is 16.9 Å². The standard InChI is InChI=1S/C21H37NO4S3/c1-14(17-3-4-20(11-17)28(23,24)18-5-6-18)9-16-10-21(15(2)13-27)22(12-16)29(25,26)19-7-8-19/h14-21,27H,3-13H2,1-2H3. The minimum absolute atomic E-state index is 0.0546. The maximum atomic E-state index is 13.0. The summed E-state index contributed by atoms with van der Waals surface area (Å²) in [4.78, 5) is 0. The molecule has 168 valence electrons. The largest absolute Gasteiger partial charge is 0.228 e. The normalized spacial score (nSPS) is 36.4. The smallest absolute Gasteiger partial charge is 0.217 e. The van der Waals surface area contributed by atoms with E-state index in [9.17, 15) is 16.8 Å². The summed E-state index contributed by atoms with van der Waals surface area (Å²) in [7, 11) is -6.08. The monoisotopic (exact) mass is 463 g/mol. The van der Waals surface area contributed by atoms with E-state index in [0.717, 1.165) is 57.8 Å². The molecule has 4 aliphatic rings. The van der Waals surface area contributed by atoms with Crippen LogP contribution in [0.2, 0.25) is 0 Å². The molecule has 3 saturated carbocycles. The summed E-state index contributed by atoms with van der Waals surface area (Å²) in [6.07, 6.45) is 7.90. The molecule has 0 aromatic heterocycles. The van der Waals surface area contributed by atoms with Crippen LogP contribution in [0.25, 0.3) is 0 Å². The summed E-state index contributed by atoms with van der Waals surface area (Å²) in [5, 5.41) is -0.340. The molecule has 6 atom stereocenters. The average molecular weight is 464 g/mol. The molecule has 0 aromatic rings. The van der Waals surface area contributed by atoms with Gasteiger partial charge >= 0.3 is 0 Å². The van der Waals surface area contributed by atoms with Crippen LogP contribution in [0.3, 0.4) is 0 Å². The average Bonchev–Trinajstić information content (AvgIpc) is 3.60. The first-order valence-electron chi connectivity index (χ1n) is 11.5. The van der Waals surface area contributed by atoms with Gasteiger partial charge < -0.3 is 0 Å². The molecule has 1 aliphatic heterocycles. The molecule has 29 heavy (non-hydrogen) atoms. The van der Waals surface area contributed by atoms with Crippen LogP contribution in [0.15, 0.2) is 0 Å². The third-order valence-corrected chi connectivity index (χ3v) is 13.7. The van der Waals surface area contributed by atoms with E-state index in [1.807, 2.05) is 4.31 Å². The molecule has 0 N–H and O–H groups in total. The Labute approximate surface area is 182 Å². The third-order valence-electron chi connectivity index (χ3n) is 7.99. The second kappa shape index (κ2) is 8.28. The molecular formula is C21H37NO4S3. The lowest BCUT2D eigenvalue weighted by molar-refractivity contribution is 0.294. The molecule has 5 nitrogen and oxygen atoms in total. The fraction of sp³-hybridized carbons (Fsp3) is 1.00. The molecule has 8 heteroatoms. The zero-order valence-corrected chi connectivity index (χ0v) is 20.3. The zero-order chi connectivity index (χ0) is 21.0. The molecule has 1 saturated heterocycles. The van der Waals surface area contributed by atoms with E-state index in [1.165, 1.54) is 0 Å². The number of hydrogen-bond acceptors (Lipinski definition) is 5. The van der Waals surface area contributed by atoms with Crippen molar-refractivity contribution in [3.63, 3.8) is 0 Å². The van der Waals surface area contributed by atoms with Crippen LogP contribution < -0.4 is 0 Å². The van der Waals surface area contributed by atoms with Gasteiger partial charge in [0.2, 0.25) is 10.0 Å². The van der Waals surface area contributed by atoms with E-state index < -0.39 is 19.9 Å². The van der Waals surface area contributed by atoms with Crippen molar-refractivity contribution in [2.45, 2.75) is 93.4 Å². The predicted molar refractivity (Wildman–Crippen MR) is 120 cm³/mol. The molecule has 0 aromatic carbocycles. The van der Waals surface area contributed by atoms with E-state index in [0.29, 0.717) is 30.1 Å². The maximum Gasteiger partial charge on any atom is 0.217 e. The number of nitrogens with zero attached hydrogens (tertiary/aromatic N) is 1. The maximum absolute atomic E-state index is 13.0. The van der Waals surface area contributed by atoms with E-state index in [4.69, 9.17) is 0 Å². The van der Waals surface area contributed by atoms with Crippen LogP contribution in [0.5, 0.6) is 0 Å². The van der Waals surface area contributed by atoms with Gasteiger partial charge in [0.25, 0.3) is 0 Å². The molecular weight excluding hydrogens is 426 g/mol. The number of hydrogen-bond donors (Lipinski definition) is 1. The Morgan fingerprint density at radius 3 is 2.07 bits per heavy atom. The van der Waals surface area contributed by atoms with Crippen molar-refractivity contribution >= 4 is 32.5 Å². The predicted octanol–water partition coefficient (Wildman–Crippen LogP) is 3.51. The van der Waals surface area contributed by atoms with Crippen LogP contribution in [-0.4, -0.2) is 55.2 Å². The van der Waals surface area contributed by atoms with Crippen molar-refractivity contribution < 1.29 is 16.8 Å². The number of rotatable bonds is 9. The SMILES string of the molecule is CC(CC1CC(C(C)CS)N(S(=O)(=O)C2CC2)C1)C1CCC(S(=O)(=O)C2CC2)C1. The second-order valence-electron chi connectivity index (χ2n) is 10.3. The van der Waals surface area contributed by atoms with Crippen molar-refractivity contribution in [3.05, 3.63) is 0 Å². The summed E-state index contributed by atoms with van der Waals surface area (Å²) in [5.74, 6) is 2.25. The van der Waals surface area contributed by atoms with Gasteiger partial charge in [-0.3, -0.25) is 0 Å². The first-order valence-corrected chi connectivity index (χ1v) is 15.2. The third kappa shape index (κ3) is 4.56. The minimum Gasteiger partial charge on any atom is -0.228 e. The Balaban J connectivity index is 1.37. The van der Waals surface area contributed by atoms with Crippen LogP contribution in [0.1, 0.15) is 71.6 Å². The summed E-state index contributed by atoms with van der Waals surface area (Å²) >= 11 is 4.44. The molecule has 3 aliphatic carbocycles.